The van der Waals surface area contributed by atoms with E-state index in [1.165, 1.54) is 6.07 Å². The second-order valence-corrected chi connectivity index (χ2v) is 5.71. The van der Waals surface area contributed by atoms with Gasteiger partial charge in [0.2, 0.25) is 0 Å². The maximum atomic E-state index is 11.9. The maximum Gasteiger partial charge on any atom is 0.389 e. The molecule has 0 saturated heterocycles. The summed E-state index contributed by atoms with van der Waals surface area (Å²) in [7, 11) is 0. The van der Waals surface area contributed by atoms with Crippen molar-refractivity contribution >= 4 is 46.1 Å². The van der Waals surface area contributed by atoms with Crippen LogP contribution in [-0.4, -0.2) is 6.18 Å². The summed E-state index contributed by atoms with van der Waals surface area (Å²) in [4.78, 5) is 0. The van der Waals surface area contributed by atoms with Crippen LogP contribution in [0, 0.1) is 0 Å². The first-order valence-corrected chi connectivity index (χ1v) is 5.96. The van der Waals surface area contributed by atoms with Gasteiger partial charge in [0, 0.05) is 12.0 Å². The van der Waals surface area contributed by atoms with E-state index in [2.05, 4.69) is 0 Å². The SMILES string of the molecule is FC(F)(F)CCC(Cl)c1cc(Cl)sc1Cl. The highest BCUT2D eigenvalue weighted by Crippen LogP contribution is 2.40. The van der Waals surface area contributed by atoms with Crippen molar-refractivity contribution in [3.8, 4) is 0 Å². The molecule has 1 aromatic heterocycles. The molecule has 0 nitrogen and oxygen atoms in total. The van der Waals surface area contributed by atoms with Crippen LogP contribution in [0.4, 0.5) is 13.2 Å². The Morgan fingerprint density at radius 1 is 1.33 bits per heavy atom. The fourth-order valence-electron chi connectivity index (χ4n) is 1.01. The van der Waals surface area contributed by atoms with Gasteiger partial charge in [-0.05, 0) is 12.5 Å². The Hall–Kier alpha value is 0.360. The number of hydrogen-bond acceptors (Lipinski definition) is 1. The lowest BCUT2D eigenvalue weighted by Crippen LogP contribution is -2.08. The van der Waals surface area contributed by atoms with Crippen molar-refractivity contribution < 1.29 is 13.2 Å². The van der Waals surface area contributed by atoms with Crippen LogP contribution in [0.1, 0.15) is 23.8 Å². The van der Waals surface area contributed by atoms with Gasteiger partial charge in [-0.15, -0.1) is 22.9 Å². The minimum absolute atomic E-state index is 0.197. The van der Waals surface area contributed by atoms with Crippen molar-refractivity contribution in [3.63, 3.8) is 0 Å². The standard InChI is InChI=1S/C8H6Cl3F3S/c9-5(1-2-8(12,13)14)4-3-6(10)15-7(4)11/h3,5H,1-2H2. The molecule has 0 amide bonds. The van der Waals surface area contributed by atoms with E-state index >= 15 is 0 Å². The third kappa shape index (κ3) is 4.39. The average Bonchev–Trinajstić information content (AvgIpc) is 2.40. The smallest absolute Gasteiger partial charge is 0.171 e. The first kappa shape index (κ1) is 13.4. The van der Waals surface area contributed by atoms with E-state index in [0.29, 0.717) is 14.2 Å². The van der Waals surface area contributed by atoms with Crippen LogP contribution >= 0.6 is 46.1 Å². The van der Waals surface area contributed by atoms with Gasteiger partial charge in [-0.3, -0.25) is 0 Å². The molecule has 86 valence electrons. The molecule has 0 aromatic carbocycles. The highest BCUT2D eigenvalue weighted by molar-refractivity contribution is 7.20. The monoisotopic (exact) mass is 296 g/mol. The van der Waals surface area contributed by atoms with Crippen LogP contribution in [0.5, 0.6) is 0 Å². The molecule has 0 saturated carbocycles. The lowest BCUT2D eigenvalue weighted by molar-refractivity contribution is -0.135. The van der Waals surface area contributed by atoms with Crippen molar-refractivity contribution in [2.75, 3.05) is 0 Å². The largest absolute Gasteiger partial charge is 0.389 e. The second kappa shape index (κ2) is 5.13. The van der Waals surface area contributed by atoms with Crippen molar-refractivity contribution in [2.24, 2.45) is 0 Å². The zero-order valence-corrected chi connectivity index (χ0v) is 10.3. The molecule has 1 aromatic rings. The first-order valence-electron chi connectivity index (χ1n) is 3.95. The molecule has 15 heavy (non-hydrogen) atoms. The molecule has 7 heteroatoms. The fourth-order valence-corrected chi connectivity index (χ4v) is 2.99. The van der Waals surface area contributed by atoms with Gasteiger partial charge in [-0.1, -0.05) is 23.2 Å². The van der Waals surface area contributed by atoms with Crippen LogP contribution < -0.4 is 0 Å². The van der Waals surface area contributed by atoms with E-state index in [-0.39, 0.29) is 6.42 Å². The van der Waals surface area contributed by atoms with E-state index < -0.39 is 18.0 Å². The summed E-state index contributed by atoms with van der Waals surface area (Å²) in [5.74, 6) is 0. The zero-order chi connectivity index (χ0) is 11.6. The number of halogens is 6. The molecule has 0 fully saturated rings. The summed E-state index contributed by atoms with van der Waals surface area (Å²) in [6.45, 7) is 0. The molecule has 1 heterocycles. The summed E-state index contributed by atoms with van der Waals surface area (Å²) >= 11 is 18.3. The van der Waals surface area contributed by atoms with Gasteiger partial charge in [0.05, 0.1) is 14.0 Å². The highest BCUT2D eigenvalue weighted by Gasteiger charge is 2.29. The minimum atomic E-state index is -4.20. The molecule has 0 N–H and O–H groups in total. The van der Waals surface area contributed by atoms with Gasteiger partial charge < -0.3 is 0 Å². The molecule has 1 atom stereocenters. The number of alkyl halides is 4. The summed E-state index contributed by atoms with van der Waals surface area (Å²) < 4.78 is 36.5. The molecular weight excluding hydrogens is 292 g/mol. The highest BCUT2D eigenvalue weighted by atomic mass is 35.5. The van der Waals surface area contributed by atoms with Gasteiger partial charge in [0.15, 0.2) is 0 Å². The molecule has 0 radical (unpaired) electrons. The van der Waals surface area contributed by atoms with Crippen molar-refractivity contribution in [2.45, 2.75) is 24.4 Å². The molecule has 1 rings (SSSR count). The average molecular weight is 298 g/mol. The molecule has 0 aliphatic heterocycles. The molecule has 0 bridgehead atoms. The van der Waals surface area contributed by atoms with E-state index in [1.807, 2.05) is 0 Å². The van der Waals surface area contributed by atoms with E-state index in [1.54, 1.807) is 0 Å². The van der Waals surface area contributed by atoms with Gasteiger partial charge >= 0.3 is 6.18 Å². The Bertz CT molecular complexity index is 334. The Balaban J connectivity index is 2.61. The maximum absolute atomic E-state index is 11.9. The van der Waals surface area contributed by atoms with Crippen molar-refractivity contribution in [1.82, 2.24) is 0 Å². The van der Waals surface area contributed by atoms with E-state index in [0.717, 1.165) is 11.3 Å². The molecule has 0 aliphatic carbocycles. The van der Waals surface area contributed by atoms with Crippen LogP contribution in [0.2, 0.25) is 8.67 Å². The van der Waals surface area contributed by atoms with E-state index in [9.17, 15) is 13.2 Å². The number of thiophene rings is 1. The molecule has 0 spiro atoms. The third-order valence-electron chi connectivity index (χ3n) is 1.70. The summed E-state index contributed by atoms with van der Waals surface area (Å²) in [6.07, 6.45) is -5.32. The first-order chi connectivity index (χ1) is 6.79. The van der Waals surface area contributed by atoms with Gasteiger partial charge in [0.1, 0.15) is 0 Å². The second-order valence-electron chi connectivity index (χ2n) is 2.90. The van der Waals surface area contributed by atoms with Crippen LogP contribution in [0.25, 0.3) is 0 Å². The topological polar surface area (TPSA) is 0 Å². The molecular formula is C8H6Cl3F3S. The Morgan fingerprint density at radius 3 is 2.33 bits per heavy atom. The van der Waals surface area contributed by atoms with Gasteiger partial charge in [0.25, 0.3) is 0 Å². The lowest BCUT2D eigenvalue weighted by Gasteiger charge is -2.10. The summed E-state index contributed by atoms with van der Waals surface area (Å²) in [6, 6.07) is 1.50. The predicted octanol–water partition coefficient (Wildman–Crippen LogP) is 5.68. The predicted molar refractivity (Wildman–Crippen MR) is 58.2 cm³/mol. The van der Waals surface area contributed by atoms with Gasteiger partial charge in [-0.2, -0.15) is 13.2 Å². The Morgan fingerprint density at radius 2 is 1.93 bits per heavy atom. The molecule has 1 unspecified atom stereocenters. The Labute approximate surface area is 104 Å². The summed E-state index contributed by atoms with van der Waals surface area (Å²) in [5, 5.41) is -0.747. The molecule has 0 aliphatic rings. The quantitative estimate of drug-likeness (QED) is 0.630. The lowest BCUT2D eigenvalue weighted by atomic mass is 10.1. The number of hydrogen-bond donors (Lipinski definition) is 0. The fraction of sp³-hybridized carbons (Fsp3) is 0.500. The summed E-state index contributed by atoms with van der Waals surface area (Å²) in [5.41, 5.74) is 0.470. The third-order valence-corrected chi connectivity index (χ3v) is 3.67. The van der Waals surface area contributed by atoms with E-state index in [4.69, 9.17) is 34.8 Å². The van der Waals surface area contributed by atoms with Crippen LogP contribution in [-0.2, 0) is 0 Å². The van der Waals surface area contributed by atoms with Crippen molar-refractivity contribution in [1.29, 1.82) is 0 Å². The van der Waals surface area contributed by atoms with Crippen molar-refractivity contribution in [3.05, 3.63) is 20.3 Å². The van der Waals surface area contributed by atoms with Crippen LogP contribution in [0.3, 0.4) is 0 Å². The normalized spacial score (nSPS) is 14.3. The number of rotatable bonds is 3. The minimum Gasteiger partial charge on any atom is -0.171 e. The Kier molecular flexibility index (Phi) is 4.59. The van der Waals surface area contributed by atoms with Crippen LogP contribution in [0.15, 0.2) is 6.07 Å². The van der Waals surface area contributed by atoms with Gasteiger partial charge in [-0.25, -0.2) is 0 Å². The zero-order valence-electron chi connectivity index (χ0n) is 7.24.